The molecule has 3 heterocycles. The predicted molar refractivity (Wildman–Crippen MR) is 135 cm³/mol. The topological polar surface area (TPSA) is 91.8 Å². The number of benzene rings is 2. The lowest BCUT2D eigenvalue weighted by Crippen LogP contribution is -2.42. The molecule has 1 aliphatic rings. The van der Waals surface area contributed by atoms with E-state index in [4.69, 9.17) is 4.98 Å². The van der Waals surface area contributed by atoms with Gasteiger partial charge in [-0.25, -0.2) is 15.1 Å². The second-order valence-corrected chi connectivity index (χ2v) is 9.32. The van der Waals surface area contributed by atoms with Gasteiger partial charge in [-0.3, -0.25) is 9.59 Å². The van der Waals surface area contributed by atoms with E-state index in [1.165, 1.54) is 5.56 Å². The Morgan fingerprint density at radius 1 is 1.11 bits per heavy atom. The smallest absolute Gasteiger partial charge is 0.272 e. The Hall–Kier alpha value is -3.87. The molecule has 0 unspecified atom stereocenters. The van der Waals surface area contributed by atoms with Crippen LogP contribution in [0.15, 0.2) is 65.6 Å². The van der Waals surface area contributed by atoms with Crippen LogP contribution in [0.1, 0.15) is 59.9 Å². The summed E-state index contributed by atoms with van der Waals surface area (Å²) in [6.07, 6.45) is 4.60. The molecule has 178 valence electrons. The lowest BCUT2D eigenvalue weighted by Gasteiger charge is -2.34. The quantitative estimate of drug-likeness (QED) is 0.477. The van der Waals surface area contributed by atoms with E-state index in [9.17, 15) is 9.59 Å². The lowest BCUT2D eigenvalue weighted by molar-refractivity contribution is -0.133. The molecule has 7 nitrogen and oxygen atoms in total. The van der Waals surface area contributed by atoms with E-state index in [2.05, 4.69) is 27.3 Å². The first-order valence-electron chi connectivity index (χ1n) is 12.1. The van der Waals surface area contributed by atoms with Crippen LogP contribution in [0.2, 0.25) is 0 Å². The number of H-pyrrole nitrogens is 1. The van der Waals surface area contributed by atoms with Gasteiger partial charge in [0.15, 0.2) is 0 Å². The standard InChI is InChI=1S/C28H29N5O2/c1-18(25-23-12-6-7-13-24(23)27(34)32-31-25)28(35)33-14-8-11-21(17-33)26-22(16-29-19(2)30-26)15-20-9-4-3-5-10-20/h3-7,9-10,12-13,16,18,21H,8,11,14-15,17H2,1-2H3,(H,32,34)/t18-,21+/m1/s1. The molecule has 1 amide bonds. The number of rotatable bonds is 5. The summed E-state index contributed by atoms with van der Waals surface area (Å²) in [5.41, 5.74) is 3.73. The van der Waals surface area contributed by atoms with Crippen LogP contribution in [0.25, 0.3) is 10.8 Å². The summed E-state index contributed by atoms with van der Waals surface area (Å²) < 4.78 is 0. The van der Waals surface area contributed by atoms with Gasteiger partial charge in [-0.1, -0.05) is 48.5 Å². The number of likely N-dealkylation sites (tertiary alicyclic amines) is 1. The minimum absolute atomic E-state index is 0.0230. The number of amides is 1. The zero-order valence-electron chi connectivity index (χ0n) is 20.1. The van der Waals surface area contributed by atoms with Gasteiger partial charge in [0.25, 0.3) is 5.56 Å². The van der Waals surface area contributed by atoms with Crippen molar-refractivity contribution in [3.05, 3.63) is 99.5 Å². The Morgan fingerprint density at radius 2 is 1.86 bits per heavy atom. The molecule has 1 fully saturated rings. The van der Waals surface area contributed by atoms with Crippen molar-refractivity contribution in [2.24, 2.45) is 0 Å². The molecule has 0 spiro atoms. The van der Waals surface area contributed by atoms with E-state index in [1.807, 2.05) is 61.3 Å². The summed E-state index contributed by atoms with van der Waals surface area (Å²) >= 11 is 0. The second kappa shape index (κ2) is 9.78. The maximum Gasteiger partial charge on any atom is 0.272 e. The Balaban J connectivity index is 1.40. The minimum Gasteiger partial charge on any atom is -0.341 e. The minimum atomic E-state index is -0.466. The molecule has 35 heavy (non-hydrogen) atoms. The second-order valence-electron chi connectivity index (χ2n) is 9.32. The summed E-state index contributed by atoms with van der Waals surface area (Å²) in [7, 11) is 0. The molecule has 0 aliphatic carbocycles. The van der Waals surface area contributed by atoms with Crippen LogP contribution in [0.4, 0.5) is 0 Å². The Labute approximate surface area is 204 Å². The zero-order valence-corrected chi connectivity index (χ0v) is 20.1. The Morgan fingerprint density at radius 3 is 2.66 bits per heavy atom. The molecule has 2 atom stereocenters. The molecular formula is C28H29N5O2. The molecule has 4 aromatic rings. The van der Waals surface area contributed by atoms with Crippen molar-refractivity contribution in [3.63, 3.8) is 0 Å². The van der Waals surface area contributed by atoms with Gasteiger partial charge in [-0.05, 0) is 43.9 Å². The van der Waals surface area contributed by atoms with Crippen molar-refractivity contribution >= 4 is 16.7 Å². The van der Waals surface area contributed by atoms with Gasteiger partial charge in [-0.2, -0.15) is 5.10 Å². The number of aryl methyl sites for hydroxylation is 1. The highest BCUT2D eigenvalue weighted by atomic mass is 16.2. The highest BCUT2D eigenvalue weighted by Gasteiger charge is 2.31. The van der Waals surface area contributed by atoms with E-state index in [1.54, 1.807) is 6.07 Å². The average molecular weight is 468 g/mol. The van der Waals surface area contributed by atoms with Crippen LogP contribution in [-0.2, 0) is 11.2 Å². The number of aromatic nitrogens is 4. The lowest BCUT2D eigenvalue weighted by atomic mass is 9.89. The fourth-order valence-electron chi connectivity index (χ4n) is 5.08. The van der Waals surface area contributed by atoms with Gasteiger partial charge in [0.05, 0.1) is 22.7 Å². The summed E-state index contributed by atoms with van der Waals surface area (Å²) in [5, 5.41) is 8.10. The normalized spacial score (nSPS) is 16.9. The molecule has 1 saturated heterocycles. The molecular weight excluding hydrogens is 438 g/mol. The molecule has 5 rings (SSSR count). The number of fused-ring (bicyclic) bond motifs is 1. The summed E-state index contributed by atoms with van der Waals surface area (Å²) in [6.45, 7) is 5.10. The molecule has 2 aromatic heterocycles. The zero-order chi connectivity index (χ0) is 24.4. The molecule has 2 aromatic carbocycles. The Kier molecular flexibility index (Phi) is 6.40. The molecule has 7 heteroatoms. The summed E-state index contributed by atoms with van der Waals surface area (Å²) in [5.74, 6) is 0.458. The van der Waals surface area contributed by atoms with Crippen molar-refractivity contribution in [2.75, 3.05) is 13.1 Å². The maximum absolute atomic E-state index is 13.6. The third kappa shape index (κ3) is 4.71. The van der Waals surface area contributed by atoms with Crippen LogP contribution < -0.4 is 5.56 Å². The van der Waals surface area contributed by atoms with E-state index in [-0.39, 0.29) is 17.4 Å². The maximum atomic E-state index is 13.6. The molecule has 0 bridgehead atoms. The highest BCUT2D eigenvalue weighted by molar-refractivity contribution is 5.91. The first-order chi connectivity index (χ1) is 17.0. The molecule has 0 radical (unpaired) electrons. The van der Waals surface area contributed by atoms with Gasteiger partial charge in [0.1, 0.15) is 5.82 Å². The van der Waals surface area contributed by atoms with Crippen LogP contribution >= 0.6 is 0 Å². The van der Waals surface area contributed by atoms with Crippen LogP contribution in [0.3, 0.4) is 0 Å². The van der Waals surface area contributed by atoms with Gasteiger partial charge < -0.3 is 4.90 Å². The third-order valence-electron chi connectivity index (χ3n) is 6.88. The number of carbonyl (C=O) groups is 1. The fraction of sp³-hybridized carbons (Fsp3) is 0.321. The number of piperidine rings is 1. The number of carbonyl (C=O) groups excluding carboxylic acids is 1. The third-order valence-corrected chi connectivity index (χ3v) is 6.88. The van der Waals surface area contributed by atoms with Crippen molar-refractivity contribution in [1.29, 1.82) is 0 Å². The first kappa shape index (κ1) is 22.9. The molecule has 0 saturated carbocycles. The van der Waals surface area contributed by atoms with E-state index in [0.29, 0.717) is 24.2 Å². The number of aromatic amines is 1. The van der Waals surface area contributed by atoms with E-state index >= 15 is 0 Å². The van der Waals surface area contributed by atoms with Crippen molar-refractivity contribution in [1.82, 2.24) is 25.1 Å². The number of hydrogen-bond acceptors (Lipinski definition) is 5. The number of hydrogen-bond donors (Lipinski definition) is 1. The molecule has 1 N–H and O–H groups in total. The monoisotopic (exact) mass is 467 g/mol. The van der Waals surface area contributed by atoms with Gasteiger partial charge in [0, 0.05) is 37.0 Å². The SMILES string of the molecule is Cc1ncc(Cc2ccccc2)c([C@H]2CCCN(C(=O)[C@H](C)c3n[nH]c(=O)c4ccccc34)C2)n1. The van der Waals surface area contributed by atoms with E-state index in [0.717, 1.165) is 41.7 Å². The van der Waals surface area contributed by atoms with Crippen LogP contribution in [0.5, 0.6) is 0 Å². The summed E-state index contributed by atoms with van der Waals surface area (Å²) in [6, 6.07) is 17.6. The van der Waals surface area contributed by atoms with Crippen LogP contribution in [0, 0.1) is 6.92 Å². The first-order valence-corrected chi connectivity index (χ1v) is 12.1. The summed E-state index contributed by atoms with van der Waals surface area (Å²) in [4.78, 5) is 37.0. The number of nitrogens with one attached hydrogen (secondary N) is 1. The van der Waals surface area contributed by atoms with Crippen molar-refractivity contribution in [2.45, 2.75) is 44.9 Å². The highest BCUT2D eigenvalue weighted by Crippen LogP contribution is 2.31. The predicted octanol–water partition coefficient (Wildman–Crippen LogP) is 4.12. The largest absolute Gasteiger partial charge is 0.341 e. The molecule has 1 aliphatic heterocycles. The van der Waals surface area contributed by atoms with Gasteiger partial charge in [-0.15, -0.1) is 0 Å². The van der Waals surface area contributed by atoms with E-state index < -0.39 is 5.92 Å². The van der Waals surface area contributed by atoms with Gasteiger partial charge in [0.2, 0.25) is 5.91 Å². The average Bonchev–Trinajstić information content (AvgIpc) is 2.90. The number of nitrogens with zero attached hydrogens (tertiary/aromatic N) is 4. The van der Waals surface area contributed by atoms with Crippen LogP contribution in [-0.4, -0.2) is 44.1 Å². The fourth-order valence-corrected chi connectivity index (χ4v) is 5.08. The van der Waals surface area contributed by atoms with Crippen molar-refractivity contribution in [3.8, 4) is 0 Å². The Bertz CT molecular complexity index is 1420. The van der Waals surface area contributed by atoms with Crippen molar-refractivity contribution < 1.29 is 4.79 Å². The van der Waals surface area contributed by atoms with Gasteiger partial charge >= 0.3 is 0 Å².